The number of rotatable bonds is 7. The highest BCUT2D eigenvalue weighted by Crippen LogP contribution is 2.29. The summed E-state index contributed by atoms with van der Waals surface area (Å²) in [4.78, 5) is 13.8. The van der Waals surface area contributed by atoms with Gasteiger partial charge in [-0.1, -0.05) is 0 Å². The Morgan fingerprint density at radius 3 is 2.60 bits per heavy atom. The van der Waals surface area contributed by atoms with Crippen LogP contribution in [0.15, 0.2) is 0 Å². The molecule has 0 atom stereocenters. The van der Waals surface area contributed by atoms with Crippen molar-refractivity contribution in [3.05, 3.63) is 0 Å². The van der Waals surface area contributed by atoms with Crippen LogP contribution in [0.5, 0.6) is 0 Å². The maximum Gasteiger partial charge on any atom is 0.223 e. The maximum absolute atomic E-state index is 11.8. The van der Waals surface area contributed by atoms with Crippen LogP contribution in [-0.4, -0.2) is 36.5 Å². The van der Waals surface area contributed by atoms with Crippen LogP contribution in [0, 0.1) is 5.92 Å². The molecule has 2 saturated carbocycles. The highest BCUT2D eigenvalue weighted by atomic mass is 16.2. The Morgan fingerprint density at radius 1 is 1.33 bits per heavy atom. The molecular formula is C12H22N2O. The number of nitrogens with zero attached hydrogens (tertiary/aromatic N) is 1. The summed E-state index contributed by atoms with van der Waals surface area (Å²) in [5.41, 5.74) is 0. The molecule has 86 valence electrons. The molecule has 3 heteroatoms. The van der Waals surface area contributed by atoms with Crippen LogP contribution in [-0.2, 0) is 4.79 Å². The first kappa shape index (κ1) is 10.9. The summed E-state index contributed by atoms with van der Waals surface area (Å²) in [5, 5.41) is 3.39. The van der Waals surface area contributed by atoms with Crippen LogP contribution in [0.2, 0.25) is 0 Å². The Kier molecular flexibility index (Phi) is 3.62. The Balaban J connectivity index is 1.61. The molecule has 15 heavy (non-hydrogen) atoms. The van der Waals surface area contributed by atoms with E-state index in [1.807, 2.05) is 4.90 Å². The van der Waals surface area contributed by atoms with E-state index in [4.69, 9.17) is 0 Å². The lowest BCUT2D eigenvalue weighted by atomic mass is 10.3. The molecule has 2 rings (SSSR count). The maximum atomic E-state index is 11.8. The highest BCUT2D eigenvalue weighted by molar-refractivity contribution is 5.76. The second-order valence-corrected chi connectivity index (χ2v) is 4.85. The average Bonchev–Trinajstić information content (AvgIpc) is 3.08. The molecule has 0 saturated heterocycles. The molecule has 0 bridgehead atoms. The van der Waals surface area contributed by atoms with Gasteiger partial charge in [0.25, 0.3) is 0 Å². The van der Waals surface area contributed by atoms with Crippen molar-refractivity contribution in [1.29, 1.82) is 0 Å². The van der Waals surface area contributed by atoms with Gasteiger partial charge in [0.1, 0.15) is 0 Å². The van der Waals surface area contributed by atoms with Crippen molar-refractivity contribution in [2.75, 3.05) is 19.6 Å². The van der Waals surface area contributed by atoms with E-state index in [1.165, 1.54) is 25.7 Å². The third-order valence-corrected chi connectivity index (χ3v) is 3.26. The number of hydrogen-bond acceptors (Lipinski definition) is 2. The van der Waals surface area contributed by atoms with Gasteiger partial charge in [-0.25, -0.2) is 0 Å². The van der Waals surface area contributed by atoms with E-state index in [1.54, 1.807) is 0 Å². The molecule has 0 aromatic rings. The van der Waals surface area contributed by atoms with Crippen LogP contribution in [0.4, 0.5) is 0 Å². The summed E-state index contributed by atoms with van der Waals surface area (Å²) >= 11 is 0. The molecule has 2 fully saturated rings. The van der Waals surface area contributed by atoms with Crippen LogP contribution in [0.3, 0.4) is 0 Å². The number of amides is 1. The molecule has 0 radical (unpaired) electrons. The first-order chi connectivity index (χ1) is 7.29. The van der Waals surface area contributed by atoms with Crippen molar-refractivity contribution in [2.45, 2.75) is 45.1 Å². The Bertz CT molecular complexity index is 222. The average molecular weight is 210 g/mol. The smallest absolute Gasteiger partial charge is 0.223 e. The summed E-state index contributed by atoms with van der Waals surface area (Å²) in [6, 6.07) is 0.719. The van der Waals surface area contributed by atoms with Gasteiger partial charge in [-0.2, -0.15) is 0 Å². The van der Waals surface area contributed by atoms with Gasteiger partial charge in [-0.15, -0.1) is 0 Å². The zero-order chi connectivity index (χ0) is 10.7. The van der Waals surface area contributed by atoms with Gasteiger partial charge >= 0.3 is 0 Å². The van der Waals surface area contributed by atoms with Gasteiger partial charge < -0.3 is 10.2 Å². The van der Waals surface area contributed by atoms with E-state index in [2.05, 4.69) is 12.2 Å². The Labute approximate surface area is 92.2 Å². The predicted molar refractivity (Wildman–Crippen MR) is 60.6 cm³/mol. The Hall–Kier alpha value is -0.570. The summed E-state index contributed by atoms with van der Waals surface area (Å²) < 4.78 is 0. The topological polar surface area (TPSA) is 32.3 Å². The standard InChI is InChI=1S/C12H22N2O/c1-2-14(9-10-3-4-10)12(15)7-8-13-11-5-6-11/h10-11,13H,2-9H2,1H3. The summed E-state index contributed by atoms with van der Waals surface area (Å²) in [6.07, 6.45) is 5.92. The quantitative estimate of drug-likeness (QED) is 0.688. The van der Waals surface area contributed by atoms with Gasteiger partial charge in [-0.05, 0) is 38.5 Å². The van der Waals surface area contributed by atoms with Crippen molar-refractivity contribution in [1.82, 2.24) is 10.2 Å². The first-order valence-corrected chi connectivity index (χ1v) is 6.30. The number of carbonyl (C=O) groups excluding carboxylic acids is 1. The van der Waals surface area contributed by atoms with Crippen molar-refractivity contribution in [3.63, 3.8) is 0 Å². The minimum absolute atomic E-state index is 0.331. The van der Waals surface area contributed by atoms with Crippen LogP contribution in [0.1, 0.15) is 39.0 Å². The zero-order valence-electron chi connectivity index (χ0n) is 9.67. The summed E-state index contributed by atoms with van der Waals surface area (Å²) in [6.45, 7) is 4.82. The fraction of sp³-hybridized carbons (Fsp3) is 0.917. The SMILES string of the molecule is CCN(CC1CC1)C(=O)CCNC1CC1. The molecule has 0 aromatic heterocycles. The molecule has 0 aliphatic heterocycles. The monoisotopic (exact) mass is 210 g/mol. The largest absolute Gasteiger partial charge is 0.343 e. The van der Waals surface area contributed by atoms with Crippen molar-refractivity contribution >= 4 is 5.91 Å². The molecule has 0 spiro atoms. The van der Waals surface area contributed by atoms with E-state index in [9.17, 15) is 4.79 Å². The molecular weight excluding hydrogens is 188 g/mol. The molecule has 1 N–H and O–H groups in total. The second kappa shape index (κ2) is 4.97. The third-order valence-electron chi connectivity index (χ3n) is 3.26. The molecule has 0 heterocycles. The normalized spacial score (nSPS) is 20.3. The zero-order valence-corrected chi connectivity index (χ0v) is 9.67. The van der Waals surface area contributed by atoms with Gasteiger partial charge in [0.2, 0.25) is 5.91 Å². The van der Waals surface area contributed by atoms with Gasteiger partial charge in [0.15, 0.2) is 0 Å². The number of hydrogen-bond donors (Lipinski definition) is 1. The van der Waals surface area contributed by atoms with E-state index in [0.29, 0.717) is 12.3 Å². The lowest BCUT2D eigenvalue weighted by Crippen LogP contribution is -2.34. The fourth-order valence-electron chi connectivity index (χ4n) is 1.85. The lowest BCUT2D eigenvalue weighted by molar-refractivity contribution is -0.131. The minimum atomic E-state index is 0.331. The second-order valence-electron chi connectivity index (χ2n) is 4.85. The van der Waals surface area contributed by atoms with Gasteiger partial charge in [-0.3, -0.25) is 4.79 Å². The Morgan fingerprint density at radius 2 is 2.07 bits per heavy atom. The lowest BCUT2D eigenvalue weighted by Gasteiger charge is -2.20. The summed E-state index contributed by atoms with van der Waals surface area (Å²) in [5.74, 6) is 1.14. The summed E-state index contributed by atoms with van der Waals surface area (Å²) in [7, 11) is 0. The molecule has 2 aliphatic rings. The van der Waals surface area contributed by atoms with Crippen LogP contribution in [0.25, 0.3) is 0 Å². The number of carbonyl (C=O) groups is 1. The molecule has 3 nitrogen and oxygen atoms in total. The van der Waals surface area contributed by atoms with Gasteiger partial charge in [0, 0.05) is 32.1 Å². The molecule has 1 amide bonds. The van der Waals surface area contributed by atoms with E-state index >= 15 is 0 Å². The number of nitrogens with one attached hydrogen (secondary N) is 1. The first-order valence-electron chi connectivity index (χ1n) is 6.30. The van der Waals surface area contributed by atoms with Crippen molar-refractivity contribution in [3.8, 4) is 0 Å². The fourth-order valence-corrected chi connectivity index (χ4v) is 1.85. The van der Waals surface area contributed by atoms with E-state index in [-0.39, 0.29) is 0 Å². The van der Waals surface area contributed by atoms with E-state index < -0.39 is 0 Å². The van der Waals surface area contributed by atoms with Gasteiger partial charge in [0.05, 0.1) is 0 Å². The van der Waals surface area contributed by atoms with E-state index in [0.717, 1.165) is 31.6 Å². The van der Waals surface area contributed by atoms with Crippen LogP contribution < -0.4 is 5.32 Å². The molecule has 2 aliphatic carbocycles. The van der Waals surface area contributed by atoms with Crippen molar-refractivity contribution in [2.24, 2.45) is 5.92 Å². The highest BCUT2D eigenvalue weighted by Gasteiger charge is 2.26. The van der Waals surface area contributed by atoms with Crippen LogP contribution >= 0.6 is 0 Å². The predicted octanol–water partition coefficient (Wildman–Crippen LogP) is 1.39. The molecule has 0 aromatic carbocycles. The molecule has 0 unspecified atom stereocenters. The minimum Gasteiger partial charge on any atom is -0.343 e. The van der Waals surface area contributed by atoms with Crippen molar-refractivity contribution < 1.29 is 4.79 Å². The third kappa shape index (κ3) is 3.82.